The van der Waals surface area contributed by atoms with Gasteiger partial charge in [-0.15, -0.1) is 0 Å². The summed E-state index contributed by atoms with van der Waals surface area (Å²) in [7, 11) is -9.91. The molecule has 3 N–H and O–H groups in total. The lowest BCUT2D eigenvalue weighted by atomic mass is 9.99. The van der Waals surface area contributed by atoms with Crippen molar-refractivity contribution < 1.29 is 80.2 Å². The van der Waals surface area contributed by atoms with Crippen molar-refractivity contribution in [2.45, 2.75) is 426 Å². The fraction of sp³-hybridized carbons (Fsp3) is 0.949. The number of rotatable bonds is 77. The van der Waals surface area contributed by atoms with E-state index in [1.165, 1.54) is 225 Å². The normalized spacial score (nSPS) is 14.2. The molecule has 0 radical (unpaired) electrons. The van der Waals surface area contributed by atoms with Crippen LogP contribution in [0.3, 0.4) is 0 Å². The SMILES string of the molecule is CCCCCCCCCCCCCCCCCCCCCCCCC(=O)O[C@H](COC(=O)CCCCCCCCCCCCC(C)CC)COP(=O)(O)OC[C@@H](O)COP(=O)(O)OC[C@@H](COC(=O)CCCCCCCCCCCC)OC(=O)CCCCCCCCCCC(C)C. The van der Waals surface area contributed by atoms with Gasteiger partial charge in [-0.2, -0.15) is 0 Å². The Morgan fingerprint density at radius 1 is 0.299 bits per heavy atom. The molecule has 0 fully saturated rings. The molecule has 3 unspecified atom stereocenters. The van der Waals surface area contributed by atoms with E-state index in [-0.39, 0.29) is 25.7 Å². The van der Waals surface area contributed by atoms with E-state index in [1.54, 1.807) is 0 Å². The summed E-state index contributed by atoms with van der Waals surface area (Å²) in [4.78, 5) is 72.8. The summed E-state index contributed by atoms with van der Waals surface area (Å²) in [6.07, 6.45) is 58.4. The Hall–Kier alpha value is -1.94. The molecule has 6 atom stereocenters. The predicted molar refractivity (Wildman–Crippen MR) is 395 cm³/mol. The Labute approximate surface area is 594 Å². The zero-order valence-electron chi connectivity index (χ0n) is 63.4. The molecule has 0 spiro atoms. The highest BCUT2D eigenvalue weighted by atomic mass is 31.2. The number of phosphoric ester groups is 2. The molecule has 19 heteroatoms. The minimum atomic E-state index is -4.96. The van der Waals surface area contributed by atoms with Crippen LogP contribution in [0.2, 0.25) is 0 Å². The molecule has 0 rings (SSSR count). The molecule has 0 aromatic rings. The van der Waals surface area contributed by atoms with Crippen LogP contribution >= 0.6 is 15.6 Å². The van der Waals surface area contributed by atoms with Crippen LogP contribution in [0.25, 0.3) is 0 Å². The average Bonchev–Trinajstić information content (AvgIpc) is 1.25. The van der Waals surface area contributed by atoms with E-state index in [0.717, 1.165) is 102 Å². The minimum Gasteiger partial charge on any atom is -0.462 e. The van der Waals surface area contributed by atoms with E-state index < -0.39 is 97.5 Å². The summed E-state index contributed by atoms with van der Waals surface area (Å²) >= 11 is 0. The lowest BCUT2D eigenvalue weighted by Gasteiger charge is -2.21. The number of carbonyl (C=O) groups excluding carboxylic acids is 4. The molecule has 0 bridgehead atoms. The first-order valence-electron chi connectivity index (χ1n) is 40.5. The maximum Gasteiger partial charge on any atom is 0.472 e. The number of hydrogen-bond acceptors (Lipinski definition) is 15. The van der Waals surface area contributed by atoms with Gasteiger partial charge in [-0.3, -0.25) is 37.3 Å². The second-order valence-electron chi connectivity index (χ2n) is 28.8. The molecule has 17 nitrogen and oxygen atoms in total. The molecule has 0 amide bonds. The fourth-order valence-corrected chi connectivity index (χ4v) is 13.6. The van der Waals surface area contributed by atoms with Crippen LogP contribution in [-0.4, -0.2) is 96.7 Å². The Balaban J connectivity index is 5.19. The fourth-order valence-electron chi connectivity index (χ4n) is 12.0. The van der Waals surface area contributed by atoms with Gasteiger partial charge in [-0.25, -0.2) is 9.13 Å². The van der Waals surface area contributed by atoms with Crippen LogP contribution < -0.4 is 0 Å². The van der Waals surface area contributed by atoms with E-state index in [0.29, 0.717) is 25.7 Å². The van der Waals surface area contributed by atoms with Crippen molar-refractivity contribution in [1.29, 1.82) is 0 Å². The largest absolute Gasteiger partial charge is 0.472 e. The van der Waals surface area contributed by atoms with E-state index in [9.17, 15) is 43.2 Å². The molecule has 0 aromatic heterocycles. The molecule has 576 valence electrons. The number of esters is 4. The molecule has 0 saturated carbocycles. The molecule has 0 aliphatic rings. The number of aliphatic hydroxyl groups excluding tert-OH is 1. The van der Waals surface area contributed by atoms with Gasteiger partial charge >= 0.3 is 39.5 Å². The minimum absolute atomic E-state index is 0.105. The molecule has 0 aliphatic heterocycles. The molecular weight excluding hydrogens is 1270 g/mol. The molecule has 0 saturated heterocycles. The van der Waals surface area contributed by atoms with Crippen LogP contribution in [0.4, 0.5) is 0 Å². The van der Waals surface area contributed by atoms with Crippen LogP contribution in [0, 0.1) is 11.8 Å². The molecule has 0 aromatic carbocycles. The van der Waals surface area contributed by atoms with Crippen molar-refractivity contribution in [3.8, 4) is 0 Å². The monoisotopic (exact) mass is 1420 g/mol. The lowest BCUT2D eigenvalue weighted by Crippen LogP contribution is -2.30. The number of ether oxygens (including phenoxy) is 4. The summed E-state index contributed by atoms with van der Waals surface area (Å²) in [5.41, 5.74) is 0. The molecule has 0 heterocycles. The molecule has 0 aliphatic carbocycles. The second-order valence-corrected chi connectivity index (χ2v) is 31.7. The first-order valence-corrected chi connectivity index (χ1v) is 43.5. The Kier molecular flexibility index (Phi) is 68.4. The first-order chi connectivity index (χ1) is 46.9. The number of carbonyl (C=O) groups is 4. The highest BCUT2D eigenvalue weighted by Crippen LogP contribution is 2.45. The highest BCUT2D eigenvalue weighted by molar-refractivity contribution is 7.47. The Morgan fingerprint density at radius 3 is 0.784 bits per heavy atom. The molecular formula is C78H152O17P2. The summed E-state index contributed by atoms with van der Waals surface area (Å²) in [5.74, 6) is -0.589. The van der Waals surface area contributed by atoms with Gasteiger partial charge in [0.05, 0.1) is 26.4 Å². The van der Waals surface area contributed by atoms with Gasteiger partial charge in [0.15, 0.2) is 12.2 Å². The third kappa shape index (κ3) is 70.9. The van der Waals surface area contributed by atoms with Gasteiger partial charge in [0.2, 0.25) is 0 Å². The van der Waals surface area contributed by atoms with E-state index in [4.69, 9.17) is 37.0 Å². The van der Waals surface area contributed by atoms with E-state index in [2.05, 4.69) is 41.5 Å². The van der Waals surface area contributed by atoms with Crippen LogP contribution in [0.15, 0.2) is 0 Å². The predicted octanol–water partition coefficient (Wildman–Crippen LogP) is 23.1. The highest BCUT2D eigenvalue weighted by Gasteiger charge is 2.30. The number of unbranched alkanes of at least 4 members (excludes halogenated alkanes) is 46. The lowest BCUT2D eigenvalue weighted by molar-refractivity contribution is -0.161. The van der Waals surface area contributed by atoms with Crippen molar-refractivity contribution in [3.05, 3.63) is 0 Å². The van der Waals surface area contributed by atoms with Crippen molar-refractivity contribution in [3.63, 3.8) is 0 Å². The van der Waals surface area contributed by atoms with Gasteiger partial charge in [0.25, 0.3) is 0 Å². The van der Waals surface area contributed by atoms with Crippen LogP contribution in [0.5, 0.6) is 0 Å². The van der Waals surface area contributed by atoms with Crippen molar-refractivity contribution in [1.82, 2.24) is 0 Å². The Morgan fingerprint density at radius 2 is 0.526 bits per heavy atom. The van der Waals surface area contributed by atoms with Gasteiger partial charge in [-0.1, -0.05) is 356 Å². The molecule has 97 heavy (non-hydrogen) atoms. The Bertz CT molecular complexity index is 1870. The van der Waals surface area contributed by atoms with Crippen molar-refractivity contribution in [2.24, 2.45) is 11.8 Å². The summed E-state index contributed by atoms with van der Waals surface area (Å²) < 4.78 is 68.5. The number of phosphoric acid groups is 2. The van der Waals surface area contributed by atoms with Gasteiger partial charge in [0, 0.05) is 25.7 Å². The van der Waals surface area contributed by atoms with Gasteiger partial charge in [0.1, 0.15) is 19.3 Å². The summed E-state index contributed by atoms with van der Waals surface area (Å²) in [5, 5.41) is 10.6. The maximum absolute atomic E-state index is 13.1. The van der Waals surface area contributed by atoms with E-state index in [1.807, 2.05) is 0 Å². The van der Waals surface area contributed by atoms with Gasteiger partial charge in [-0.05, 0) is 37.5 Å². The van der Waals surface area contributed by atoms with Crippen molar-refractivity contribution in [2.75, 3.05) is 39.6 Å². The average molecular weight is 1420 g/mol. The van der Waals surface area contributed by atoms with Crippen molar-refractivity contribution >= 4 is 39.5 Å². The third-order valence-corrected chi connectivity index (χ3v) is 20.5. The standard InChI is InChI=1S/C78H152O17P2/c1-7-10-12-14-16-18-20-21-22-23-24-25-26-27-28-29-30-31-37-44-50-56-62-77(82)94-73(66-89-76(81)61-55-49-43-36-33-32-34-41-47-53-59-71(6)9-3)68-92-96(84,85)90-64-72(79)65-91-97(86,87)93-69-74(67-88-75(80)60-54-48-42-35-19-17-15-13-11-8-2)95-78(83)63-57-51-45-39-38-40-46-52-58-70(4)5/h70-74,79H,7-69H2,1-6H3,(H,84,85)(H,86,87)/t71?,72-,73-,74-/m1/s1. The summed E-state index contributed by atoms with van der Waals surface area (Å²) in [6, 6.07) is 0. The van der Waals surface area contributed by atoms with E-state index >= 15 is 0 Å². The van der Waals surface area contributed by atoms with Gasteiger partial charge < -0.3 is 33.8 Å². The zero-order chi connectivity index (χ0) is 71.4. The maximum atomic E-state index is 13.1. The summed E-state index contributed by atoms with van der Waals surface area (Å²) in [6.45, 7) is 9.58. The number of hydrogen-bond donors (Lipinski definition) is 3. The number of aliphatic hydroxyl groups is 1. The zero-order valence-corrected chi connectivity index (χ0v) is 65.2. The smallest absolute Gasteiger partial charge is 0.462 e. The quantitative estimate of drug-likeness (QED) is 0.0222. The first kappa shape index (κ1) is 95.1. The van der Waals surface area contributed by atoms with Crippen LogP contribution in [0.1, 0.15) is 408 Å². The topological polar surface area (TPSA) is 237 Å². The third-order valence-electron chi connectivity index (χ3n) is 18.6. The second kappa shape index (κ2) is 69.8. The van der Waals surface area contributed by atoms with Crippen LogP contribution in [-0.2, 0) is 65.4 Å².